The number of benzene rings is 1. The summed E-state index contributed by atoms with van der Waals surface area (Å²) in [5.41, 5.74) is 3.85. The molecule has 0 bridgehead atoms. The van der Waals surface area contributed by atoms with Gasteiger partial charge in [0.2, 0.25) is 0 Å². The van der Waals surface area contributed by atoms with E-state index in [1.807, 2.05) is 12.1 Å². The van der Waals surface area contributed by atoms with Crippen molar-refractivity contribution in [2.75, 3.05) is 10.6 Å². The molecule has 2 unspecified atom stereocenters. The van der Waals surface area contributed by atoms with Gasteiger partial charge in [0, 0.05) is 22.4 Å². The first-order valence-electron chi connectivity index (χ1n) is 12.1. The summed E-state index contributed by atoms with van der Waals surface area (Å²) in [6, 6.07) is 8.04. The molecule has 0 spiro atoms. The van der Waals surface area contributed by atoms with Crippen LogP contribution in [0.2, 0.25) is 0 Å². The molecule has 2 aliphatic carbocycles. The SMILES string of the molecule is CC(=O)C1CCCCC1C(=N)Nc1sc2c(c1C(=O)Nc1ccc(C(C)(C)C)cc1)CCC2. The topological polar surface area (TPSA) is 82.1 Å². The predicted molar refractivity (Wildman–Crippen MR) is 137 cm³/mol. The van der Waals surface area contributed by atoms with E-state index in [9.17, 15) is 9.59 Å². The van der Waals surface area contributed by atoms with E-state index in [-0.39, 0.29) is 28.9 Å². The summed E-state index contributed by atoms with van der Waals surface area (Å²) >= 11 is 1.60. The Balaban J connectivity index is 1.56. The minimum atomic E-state index is -0.125. The second-order valence-electron chi connectivity index (χ2n) is 10.5. The van der Waals surface area contributed by atoms with Crippen molar-refractivity contribution in [3.63, 3.8) is 0 Å². The van der Waals surface area contributed by atoms with Crippen molar-refractivity contribution in [1.82, 2.24) is 0 Å². The summed E-state index contributed by atoms with van der Waals surface area (Å²) < 4.78 is 0. The number of thiophene rings is 1. The number of carbonyl (C=O) groups excluding carboxylic acids is 2. The fourth-order valence-corrected chi connectivity index (χ4v) is 6.46. The molecule has 0 aliphatic heterocycles. The smallest absolute Gasteiger partial charge is 0.258 e. The average molecular weight is 466 g/mol. The van der Waals surface area contributed by atoms with Gasteiger partial charge < -0.3 is 10.6 Å². The Morgan fingerprint density at radius 1 is 0.970 bits per heavy atom. The first-order chi connectivity index (χ1) is 15.6. The summed E-state index contributed by atoms with van der Waals surface area (Å²) in [4.78, 5) is 26.8. The number of carbonyl (C=O) groups is 2. The van der Waals surface area contributed by atoms with Gasteiger partial charge >= 0.3 is 0 Å². The average Bonchev–Trinajstić information content (AvgIpc) is 3.34. The molecule has 0 radical (unpaired) electrons. The van der Waals surface area contributed by atoms with Crippen molar-refractivity contribution in [3.8, 4) is 0 Å². The maximum atomic E-state index is 13.4. The fourth-order valence-electron chi connectivity index (χ4n) is 5.16. The van der Waals surface area contributed by atoms with Crippen molar-refractivity contribution in [1.29, 1.82) is 5.41 Å². The molecule has 33 heavy (non-hydrogen) atoms. The molecule has 1 saturated carbocycles. The molecule has 4 rings (SSSR count). The van der Waals surface area contributed by atoms with E-state index in [1.165, 1.54) is 10.4 Å². The number of aryl methyl sites for hydroxylation is 1. The molecular formula is C27H35N3O2S. The molecule has 2 atom stereocenters. The minimum Gasteiger partial charge on any atom is -0.335 e. The van der Waals surface area contributed by atoms with Crippen molar-refractivity contribution in [2.24, 2.45) is 11.8 Å². The number of amidine groups is 1. The number of hydrogen-bond acceptors (Lipinski definition) is 4. The summed E-state index contributed by atoms with van der Waals surface area (Å²) in [7, 11) is 0. The molecular weight excluding hydrogens is 430 g/mol. The third-order valence-electron chi connectivity index (χ3n) is 7.06. The van der Waals surface area contributed by atoms with E-state index in [2.05, 4.69) is 43.5 Å². The molecule has 0 saturated heterocycles. The molecule has 1 aromatic heterocycles. The summed E-state index contributed by atoms with van der Waals surface area (Å²) in [5.74, 6) is 0.230. The second-order valence-corrected chi connectivity index (χ2v) is 11.6. The third-order valence-corrected chi connectivity index (χ3v) is 8.27. The van der Waals surface area contributed by atoms with Crippen LogP contribution in [-0.2, 0) is 23.1 Å². The minimum absolute atomic E-state index is 0.0605. The first-order valence-corrected chi connectivity index (χ1v) is 12.9. The van der Waals surface area contributed by atoms with Crippen LogP contribution in [0.1, 0.15) is 86.2 Å². The first kappa shape index (κ1) is 23.7. The van der Waals surface area contributed by atoms with E-state index < -0.39 is 0 Å². The Bertz CT molecular complexity index is 1060. The fraction of sp³-hybridized carbons (Fsp3) is 0.519. The summed E-state index contributed by atoms with van der Waals surface area (Å²) in [5, 5.41) is 15.9. The Morgan fingerprint density at radius 3 is 2.27 bits per heavy atom. The van der Waals surface area contributed by atoms with E-state index in [0.29, 0.717) is 11.4 Å². The van der Waals surface area contributed by atoms with Crippen LogP contribution in [0.5, 0.6) is 0 Å². The molecule has 2 aromatic rings. The second kappa shape index (κ2) is 9.41. The van der Waals surface area contributed by atoms with Gasteiger partial charge in [0.25, 0.3) is 5.91 Å². The highest BCUT2D eigenvalue weighted by molar-refractivity contribution is 7.17. The van der Waals surface area contributed by atoms with Crippen LogP contribution in [-0.4, -0.2) is 17.5 Å². The van der Waals surface area contributed by atoms with Crippen LogP contribution in [0, 0.1) is 17.2 Å². The number of nitrogens with one attached hydrogen (secondary N) is 3. The van der Waals surface area contributed by atoms with Crippen molar-refractivity contribution in [2.45, 2.75) is 78.1 Å². The Labute approximate surface area is 200 Å². The number of hydrogen-bond donors (Lipinski definition) is 3. The molecule has 6 heteroatoms. The quantitative estimate of drug-likeness (QED) is 0.345. The van der Waals surface area contributed by atoms with E-state index in [0.717, 1.165) is 61.2 Å². The highest BCUT2D eigenvalue weighted by atomic mass is 32.1. The molecule has 3 N–H and O–H groups in total. The van der Waals surface area contributed by atoms with Crippen LogP contribution in [0.15, 0.2) is 24.3 Å². The Hall–Kier alpha value is -2.47. The Kier molecular flexibility index (Phi) is 6.76. The van der Waals surface area contributed by atoms with E-state index in [4.69, 9.17) is 5.41 Å². The summed E-state index contributed by atoms with van der Waals surface area (Å²) in [6.45, 7) is 8.15. The zero-order valence-electron chi connectivity index (χ0n) is 20.1. The lowest BCUT2D eigenvalue weighted by Crippen LogP contribution is -2.35. The van der Waals surface area contributed by atoms with Crippen molar-refractivity contribution in [3.05, 3.63) is 45.8 Å². The molecule has 1 heterocycles. The predicted octanol–water partition coefficient (Wildman–Crippen LogP) is 6.57. The van der Waals surface area contributed by atoms with E-state index >= 15 is 0 Å². The van der Waals surface area contributed by atoms with Crippen LogP contribution in [0.3, 0.4) is 0 Å². The third kappa shape index (κ3) is 5.06. The van der Waals surface area contributed by atoms with Gasteiger partial charge in [-0.2, -0.15) is 0 Å². The molecule has 5 nitrogen and oxygen atoms in total. The molecule has 1 aromatic carbocycles. The molecule has 176 valence electrons. The maximum Gasteiger partial charge on any atom is 0.258 e. The van der Waals surface area contributed by atoms with E-state index in [1.54, 1.807) is 18.3 Å². The number of rotatable bonds is 5. The number of ketones is 1. The van der Waals surface area contributed by atoms with Crippen molar-refractivity contribution < 1.29 is 9.59 Å². The largest absolute Gasteiger partial charge is 0.335 e. The van der Waals surface area contributed by atoms with Crippen LogP contribution in [0.4, 0.5) is 10.7 Å². The zero-order valence-corrected chi connectivity index (χ0v) is 21.0. The molecule has 1 amide bonds. The van der Waals surface area contributed by atoms with Gasteiger partial charge in [0.15, 0.2) is 0 Å². The van der Waals surface area contributed by atoms with Crippen molar-refractivity contribution >= 4 is 39.6 Å². The zero-order chi connectivity index (χ0) is 23.8. The normalized spacial score (nSPS) is 20.2. The maximum absolute atomic E-state index is 13.4. The number of Topliss-reactive ketones (excluding diaryl/α,β-unsaturated/α-hetero) is 1. The van der Waals surface area contributed by atoms with Crippen LogP contribution < -0.4 is 10.6 Å². The van der Waals surface area contributed by atoms with Gasteiger partial charge in [0.1, 0.15) is 16.6 Å². The van der Waals surface area contributed by atoms with Gasteiger partial charge in [0.05, 0.1) is 5.56 Å². The molecule has 2 aliphatic rings. The number of anilines is 2. The highest BCUT2D eigenvalue weighted by Crippen LogP contribution is 2.41. The van der Waals surface area contributed by atoms with Crippen LogP contribution >= 0.6 is 11.3 Å². The highest BCUT2D eigenvalue weighted by Gasteiger charge is 2.33. The lowest BCUT2D eigenvalue weighted by atomic mass is 9.76. The van der Waals surface area contributed by atoms with Gasteiger partial charge in [-0.05, 0) is 67.7 Å². The van der Waals surface area contributed by atoms with Crippen LogP contribution in [0.25, 0.3) is 0 Å². The number of amides is 1. The molecule has 1 fully saturated rings. The van der Waals surface area contributed by atoms with Gasteiger partial charge in [-0.1, -0.05) is 45.7 Å². The van der Waals surface area contributed by atoms with Gasteiger partial charge in [-0.25, -0.2) is 0 Å². The van der Waals surface area contributed by atoms with Gasteiger partial charge in [-0.3, -0.25) is 15.0 Å². The standard InChI is InChI=1S/C27H35N3O2S/c1-16(31)19-8-5-6-9-20(19)24(28)30-26-23(21-10-7-11-22(21)33-26)25(32)29-18-14-12-17(13-15-18)27(2,3)4/h12-15,19-20H,5-11H2,1-4H3,(H2,28,30)(H,29,32). The van der Waals surface area contributed by atoms with Gasteiger partial charge in [-0.15, -0.1) is 11.3 Å². The Morgan fingerprint density at radius 2 is 1.64 bits per heavy atom. The lowest BCUT2D eigenvalue weighted by Gasteiger charge is -2.30. The lowest BCUT2D eigenvalue weighted by molar-refractivity contribution is -0.122. The summed E-state index contributed by atoms with van der Waals surface area (Å²) in [6.07, 6.45) is 6.72. The number of fused-ring (bicyclic) bond motifs is 1. The monoisotopic (exact) mass is 465 g/mol.